The minimum Gasteiger partial charge on any atom is -0.489 e. The van der Waals surface area contributed by atoms with Crippen molar-refractivity contribution in [2.24, 2.45) is 0 Å². The molecule has 0 saturated carbocycles. The van der Waals surface area contributed by atoms with Gasteiger partial charge in [0.25, 0.3) is 0 Å². The predicted molar refractivity (Wildman–Crippen MR) is 67.9 cm³/mol. The number of hydrogen-bond donors (Lipinski definition) is 1. The molecule has 0 spiro atoms. The summed E-state index contributed by atoms with van der Waals surface area (Å²) in [6.07, 6.45) is 0. The lowest BCUT2D eigenvalue weighted by molar-refractivity contribution is 0.0785. The van der Waals surface area contributed by atoms with Gasteiger partial charge >= 0.3 is 0 Å². The van der Waals surface area contributed by atoms with Gasteiger partial charge in [0.1, 0.15) is 6.61 Å². The molecule has 0 aliphatic carbocycles. The van der Waals surface area contributed by atoms with Crippen LogP contribution in [-0.2, 0) is 5.60 Å². The van der Waals surface area contributed by atoms with Crippen LogP contribution in [0.25, 0.3) is 0 Å². The summed E-state index contributed by atoms with van der Waals surface area (Å²) in [7, 11) is 0. The van der Waals surface area contributed by atoms with Crippen LogP contribution in [0.2, 0.25) is 10.0 Å². The lowest BCUT2D eigenvalue weighted by Crippen LogP contribution is -2.15. The van der Waals surface area contributed by atoms with Crippen molar-refractivity contribution in [3.05, 3.63) is 27.7 Å². The van der Waals surface area contributed by atoms with Crippen LogP contribution in [0.3, 0.4) is 0 Å². The topological polar surface area (TPSA) is 29.5 Å². The van der Waals surface area contributed by atoms with Crippen LogP contribution in [0, 0.1) is 0 Å². The maximum absolute atomic E-state index is 9.83. The first-order valence-corrected chi connectivity index (χ1v) is 6.06. The molecule has 0 atom stereocenters. The van der Waals surface area contributed by atoms with Crippen molar-refractivity contribution >= 4 is 34.8 Å². The van der Waals surface area contributed by atoms with E-state index in [1.54, 1.807) is 26.0 Å². The van der Waals surface area contributed by atoms with Crippen LogP contribution in [0.15, 0.2) is 12.1 Å². The Balaban J connectivity index is 3.08. The molecule has 0 heterocycles. The highest BCUT2D eigenvalue weighted by Crippen LogP contribution is 2.37. The summed E-state index contributed by atoms with van der Waals surface area (Å²) in [5, 5.41) is 10.6. The second-order valence-corrected chi connectivity index (χ2v) is 5.06. The first kappa shape index (κ1) is 13.9. The second-order valence-electron chi connectivity index (χ2n) is 3.87. The van der Waals surface area contributed by atoms with E-state index in [-0.39, 0.29) is 0 Å². The van der Waals surface area contributed by atoms with Crippen molar-refractivity contribution < 1.29 is 9.84 Å². The Kier molecular flexibility index (Phi) is 4.74. The molecule has 5 heteroatoms. The molecular formula is C11H13Cl3O2. The van der Waals surface area contributed by atoms with Crippen molar-refractivity contribution in [1.82, 2.24) is 0 Å². The predicted octanol–water partition coefficient (Wildman–Crippen LogP) is 3.84. The van der Waals surface area contributed by atoms with Gasteiger partial charge in [-0.2, -0.15) is 0 Å². The number of halogens is 3. The van der Waals surface area contributed by atoms with Gasteiger partial charge in [0, 0.05) is 0 Å². The van der Waals surface area contributed by atoms with Gasteiger partial charge in [0.15, 0.2) is 5.75 Å². The van der Waals surface area contributed by atoms with E-state index < -0.39 is 5.60 Å². The number of alkyl halides is 1. The van der Waals surface area contributed by atoms with Crippen LogP contribution >= 0.6 is 34.8 Å². The van der Waals surface area contributed by atoms with E-state index in [0.29, 0.717) is 33.8 Å². The molecule has 1 aromatic carbocycles. The standard InChI is InChI=1S/C11H13Cl3O2/c1-11(2,15)7-5-8(13)10(9(14)6-7)16-4-3-12/h5-6,15H,3-4H2,1-2H3. The summed E-state index contributed by atoms with van der Waals surface area (Å²) >= 11 is 17.5. The molecule has 0 bridgehead atoms. The molecule has 0 saturated heterocycles. The van der Waals surface area contributed by atoms with Crippen molar-refractivity contribution in [1.29, 1.82) is 0 Å². The highest BCUT2D eigenvalue weighted by Gasteiger charge is 2.20. The molecule has 0 fully saturated rings. The maximum atomic E-state index is 9.83. The number of aliphatic hydroxyl groups is 1. The number of hydrogen-bond acceptors (Lipinski definition) is 2. The third-order valence-electron chi connectivity index (χ3n) is 2.03. The molecule has 0 aromatic heterocycles. The average Bonchev–Trinajstić information content (AvgIpc) is 2.15. The van der Waals surface area contributed by atoms with Crippen molar-refractivity contribution in [3.8, 4) is 5.75 Å². The fraction of sp³-hybridized carbons (Fsp3) is 0.455. The molecule has 0 amide bonds. The Hall–Kier alpha value is -0.150. The number of ether oxygens (including phenoxy) is 1. The zero-order valence-corrected chi connectivity index (χ0v) is 11.3. The zero-order valence-electron chi connectivity index (χ0n) is 9.06. The Morgan fingerprint density at radius 3 is 2.12 bits per heavy atom. The number of rotatable bonds is 4. The molecule has 0 aliphatic rings. The average molecular weight is 284 g/mol. The van der Waals surface area contributed by atoms with Gasteiger partial charge in [-0.25, -0.2) is 0 Å². The van der Waals surface area contributed by atoms with Gasteiger partial charge in [-0.15, -0.1) is 11.6 Å². The molecular weight excluding hydrogens is 270 g/mol. The number of benzene rings is 1. The lowest BCUT2D eigenvalue weighted by Gasteiger charge is -2.19. The van der Waals surface area contributed by atoms with Crippen LogP contribution in [0.4, 0.5) is 0 Å². The van der Waals surface area contributed by atoms with E-state index in [4.69, 9.17) is 39.5 Å². The van der Waals surface area contributed by atoms with Gasteiger partial charge in [0.2, 0.25) is 0 Å². The van der Waals surface area contributed by atoms with Gasteiger partial charge in [-0.05, 0) is 31.5 Å². The van der Waals surface area contributed by atoms with Gasteiger partial charge < -0.3 is 9.84 Å². The Bertz CT molecular complexity index is 349. The molecule has 0 radical (unpaired) electrons. The SMILES string of the molecule is CC(C)(O)c1cc(Cl)c(OCCCl)c(Cl)c1. The molecule has 1 aromatic rings. The van der Waals surface area contributed by atoms with Crippen LogP contribution in [0.5, 0.6) is 5.75 Å². The summed E-state index contributed by atoms with van der Waals surface area (Å²) in [5.41, 5.74) is -0.348. The Labute approximate surface area is 110 Å². The van der Waals surface area contributed by atoms with Crippen molar-refractivity contribution in [2.45, 2.75) is 19.4 Å². The van der Waals surface area contributed by atoms with E-state index in [9.17, 15) is 5.11 Å². The summed E-state index contributed by atoms with van der Waals surface area (Å²) in [5.74, 6) is 0.761. The smallest absolute Gasteiger partial charge is 0.156 e. The Morgan fingerprint density at radius 2 is 1.75 bits per heavy atom. The van der Waals surface area contributed by atoms with Gasteiger partial charge in [-0.3, -0.25) is 0 Å². The van der Waals surface area contributed by atoms with E-state index in [1.165, 1.54) is 0 Å². The maximum Gasteiger partial charge on any atom is 0.156 e. The first-order valence-electron chi connectivity index (χ1n) is 4.77. The molecule has 2 nitrogen and oxygen atoms in total. The quantitative estimate of drug-likeness (QED) is 0.851. The summed E-state index contributed by atoms with van der Waals surface area (Å²) in [6, 6.07) is 3.27. The molecule has 0 aliphatic heterocycles. The van der Waals surface area contributed by atoms with Crippen LogP contribution in [0.1, 0.15) is 19.4 Å². The van der Waals surface area contributed by atoms with E-state index in [0.717, 1.165) is 0 Å². The zero-order chi connectivity index (χ0) is 12.3. The van der Waals surface area contributed by atoms with Crippen molar-refractivity contribution in [3.63, 3.8) is 0 Å². The monoisotopic (exact) mass is 282 g/mol. The summed E-state index contributed by atoms with van der Waals surface area (Å²) in [4.78, 5) is 0. The van der Waals surface area contributed by atoms with E-state index in [2.05, 4.69) is 0 Å². The van der Waals surface area contributed by atoms with Gasteiger partial charge in [0.05, 0.1) is 21.5 Å². The van der Waals surface area contributed by atoms with Crippen molar-refractivity contribution in [2.75, 3.05) is 12.5 Å². The van der Waals surface area contributed by atoms with E-state index in [1.807, 2.05) is 0 Å². The molecule has 0 unspecified atom stereocenters. The molecule has 90 valence electrons. The highest BCUT2D eigenvalue weighted by molar-refractivity contribution is 6.37. The minimum atomic E-state index is -0.988. The molecule has 1 rings (SSSR count). The van der Waals surface area contributed by atoms with E-state index >= 15 is 0 Å². The third kappa shape index (κ3) is 3.42. The van der Waals surface area contributed by atoms with Crippen LogP contribution < -0.4 is 4.74 Å². The summed E-state index contributed by atoms with van der Waals surface area (Å²) < 4.78 is 5.31. The molecule has 16 heavy (non-hydrogen) atoms. The van der Waals surface area contributed by atoms with Crippen LogP contribution in [-0.4, -0.2) is 17.6 Å². The summed E-state index contributed by atoms with van der Waals surface area (Å²) in [6.45, 7) is 3.66. The highest BCUT2D eigenvalue weighted by atomic mass is 35.5. The molecule has 1 N–H and O–H groups in total. The largest absolute Gasteiger partial charge is 0.489 e. The fourth-order valence-electron chi connectivity index (χ4n) is 1.19. The Morgan fingerprint density at radius 1 is 1.25 bits per heavy atom. The normalized spacial score (nSPS) is 11.6. The third-order valence-corrected chi connectivity index (χ3v) is 2.74. The second kappa shape index (κ2) is 5.46. The first-order chi connectivity index (χ1) is 7.36. The minimum absolute atomic E-state index is 0.336. The van der Waals surface area contributed by atoms with Gasteiger partial charge in [-0.1, -0.05) is 23.2 Å². The lowest BCUT2D eigenvalue weighted by atomic mass is 9.98. The fourth-order valence-corrected chi connectivity index (χ4v) is 1.86.